The van der Waals surface area contributed by atoms with Crippen LogP contribution in [0.4, 0.5) is 0 Å². The Bertz CT molecular complexity index is 735. The molecule has 2 aromatic carbocycles. The van der Waals surface area contributed by atoms with Crippen LogP contribution >= 0.6 is 11.6 Å². The first-order valence-corrected chi connectivity index (χ1v) is 9.33. The van der Waals surface area contributed by atoms with E-state index in [1.54, 1.807) is 17.0 Å². The number of benzene rings is 2. The average Bonchev–Trinajstić information content (AvgIpc) is 2.66. The van der Waals surface area contributed by atoms with Crippen molar-refractivity contribution in [2.24, 2.45) is 0 Å². The van der Waals surface area contributed by atoms with E-state index in [4.69, 9.17) is 16.7 Å². The van der Waals surface area contributed by atoms with Gasteiger partial charge in [0, 0.05) is 38.1 Å². The lowest BCUT2D eigenvalue weighted by atomic mass is 10.0. The van der Waals surface area contributed by atoms with Gasteiger partial charge in [-0.1, -0.05) is 54.1 Å². The second-order valence-corrected chi connectivity index (χ2v) is 6.78. The largest absolute Gasteiger partial charge is 0.396 e. The Morgan fingerprint density at radius 3 is 2.33 bits per heavy atom. The number of nitrogens with one attached hydrogen (secondary N) is 1. The van der Waals surface area contributed by atoms with Crippen LogP contribution in [0.25, 0.3) is 0 Å². The summed E-state index contributed by atoms with van der Waals surface area (Å²) in [5, 5.41) is 12.4. The molecule has 0 aliphatic carbocycles. The molecule has 0 radical (unpaired) electrons. The van der Waals surface area contributed by atoms with Gasteiger partial charge in [0.1, 0.15) is 6.04 Å². The molecule has 2 aromatic rings. The summed E-state index contributed by atoms with van der Waals surface area (Å²) in [5.41, 5.74) is 1.87. The summed E-state index contributed by atoms with van der Waals surface area (Å²) in [4.78, 5) is 26.7. The second kappa shape index (κ2) is 10.7. The minimum absolute atomic E-state index is 0.00479. The van der Waals surface area contributed by atoms with Crippen LogP contribution in [0.5, 0.6) is 0 Å². The quantitative estimate of drug-likeness (QED) is 0.649. The molecule has 0 aromatic heterocycles. The van der Waals surface area contributed by atoms with Crippen molar-refractivity contribution in [2.45, 2.75) is 32.4 Å². The molecule has 0 bridgehead atoms. The van der Waals surface area contributed by atoms with Crippen molar-refractivity contribution in [3.05, 3.63) is 70.7 Å². The Labute approximate surface area is 165 Å². The monoisotopic (exact) mass is 388 g/mol. The minimum Gasteiger partial charge on any atom is -0.396 e. The fourth-order valence-corrected chi connectivity index (χ4v) is 2.94. The Morgan fingerprint density at radius 1 is 1.07 bits per heavy atom. The Kier molecular flexibility index (Phi) is 8.30. The summed E-state index contributed by atoms with van der Waals surface area (Å²) in [5.74, 6) is -0.403. The predicted molar refractivity (Wildman–Crippen MR) is 106 cm³/mol. The van der Waals surface area contributed by atoms with Crippen molar-refractivity contribution in [3.8, 4) is 0 Å². The van der Waals surface area contributed by atoms with Gasteiger partial charge < -0.3 is 15.3 Å². The molecule has 1 atom stereocenters. The lowest BCUT2D eigenvalue weighted by Crippen LogP contribution is -2.50. The molecule has 0 unspecified atom stereocenters. The first kappa shape index (κ1) is 20.9. The highest BCUT2D eigenvalue weighted by Gasteiger charge is 2.28. The van der Waals surface area contributed by atoms with Crippen LogP contribution in [-0.4, -0.2) is 41.0 Å². The third-order valence-electron chi connectivity index (χ3n) is 4.26. The zero-order valence-corrected chi connectivity index (χ0v) is 16.2. The molecular formula is C21H25ClN2O3. The molecule has 0 aliphatic rings. The lowest BCUT2D eigenvalue weighted by Gasteiger charge is -2.30. The number of hydrogen-bond donors (Lipinski definition) is 2. The van der Waals surface area contributed by atoms with E-state index in [-0.39, 0.29) is 18.4 Å². The van der Waals surface area contributed by atoms with Gasteiger partial charge in [0.25, 0.3) is 0 Å². The molecule has 144 valence electrons. The van der Waals surface area contributed by atoms with Crippen molar-refractivity contribution < 1.29 is 14.7 Å². The summed E-state index contributed by atoms with van der Waals surface area (Å²) in [6, 6.07) is 16.2. The molecule has 2 N–H and O–H groups in total. The Hall–Kier alpha value is -2.37. The summed E-state index contributed by atoms with van der Waals surface area (Å²) >= 11 is 5.94. The molecule has 0 saturated carbocycles. The molecule has 2 rings (SSSR count). The first-order valence-electron chi connectivity index (χ1n) is 8.95. The maximum atomic E-state index is 12.8. The summed E-state index contributed by atoms with van der Waals surface area (Å²) in [6.45, 7) is 2.16. The SMILES string of the molecule is CC(=O)N(Cc1ccc(Cl)cc1)[C@H](Cc1ccccc1)C(=O)NCCCO. The Morgan fingerprint density at radius 2 is 1.74 bits per heavy atom. The molecule has 0 spiro atoms. The van der Waals surface area contributed by atoms with E-state index in [0.29, 0.717) is 31.0 Å². The van der Waals surface area contributed by atoms with Crippen molar-refractivity contribution in [1.82, 2.24) is 10.2 Å². The van der Waals surface area contributed by atoms with E-state index >= 15 is 0 Å². The topological polar surface area (TPSA) is 69.6 Å². The zero-order chi connectivity index (χ0) is 19.6. The molecule has 5 nitrogen and oxygen atoms in total. The molecule has 27 heavy (non-hydrogen) atoms. The van der Waals surface area contributed by atoms with E-state index in [2.05, 4.69) is 5.32 Å². The van der Waals surface area contributed by atoms with Crippen LogP contribution in [0, 0.1) is 0 Å². The normalized spacial score (nSPS) is 11.7. The van der Waals surface area contributed by atoms with E-state index in [1.807, 2.05) is 42.5 Å². The highest BCUT2D eigenvalue weighted by Crippen LogP contribution is 2.16. The molecule has 0 fully saturated rings. The summed E-state index contributed by atoms with van der Waals surface area (Å²) in [6.07, 6.45) is 0.889. The molecule has 0 aliphatic heterocycles. The number of aliphatic hydroxyl groups excluding tert-OH is 1. The van der Waals surface area contributed by atoms with Gasteiger partial charge in [0.15, 0.2) is 0 Å². The van der Waals surface area contributed by atoms with Crippen molar-refractivity contribution in [3.63, 3.8) is 0 Å². The van der Waals surface area contributed by atoms with E-state index in [1.165, 1.54) is 6.92 Å². The standard InChI is InChI=1S/C21H25ClN2O3/c1-16(26)24(15-18-8-10-19(22)11-9-18)20(21(27)23-12-5-13-25)14-17-6-3-2-4-7-17/h2-4,6-11,20,25H,5,12-15H2,1H3,(H,23,27)/t20-/m1/s1. The maximum absolute atomic E-state index is 12.8. The van der Waals surface area contributed by atoms with Crippen LogP contribution in [0.15, 0.2) is 54.6 Å². The molecule has 0 saturated heterocycles. The number of carbonyl (C=O) groups excluding carboxylic acids is 2. The van der Waals surface area contributed by atoms with Crippen LogP contribution < -0.4 is 5.32 Å². The highest BCUT2D eigenvalue weighted by atomic mass is 35.5. The third kappa shape index (κ3) is 6.70. The zero-order valence-electron chi connectivity index (χ0n) is 15.4. The predicted octanol–water partition coefficient (Wildman–Crippen LogP) is 2.80. The minimum atomic E-state index is -0.640. The van der Waals surface area contributed by atoms with Crippen molar-refractivity contribution in [2.75, 3.05) is 13.2 Å². The van der Waals surface area contributed by atoms with Crippen LogP contribution in [0.2, 0.25) is 5.02 Å². The fourth-order valence-electron chi connectivity index (χ4n) is 2.82. The number of nitrogens with zero attached hydrogens (tertiary/aromatic N) is 1. The number of amides is 2. The van der Waals surface area contributed by atoms with Crippen LogP contribution in [0.1, 0.15) is 24.5 Å². The van der Waals surface area contributed by atoms with Crippen LogP contribution in [0.3, 0.4) is 0 Å². The maximum Gasteiger partial charge on any atom is 0.243 e. The molecule has 0 heterocycles. The van der Waals surface area contributed by atoms with E-state index in [0.717, 1.165) is 11.1 Å². The van der Waals surface area contributed by atoms with Gasteiger partial charge in [-0.25, -0.2) is 0 Å². The van der Waals surface area contributed by atoms with Gasteiger partial charge in [-0.2, -0.15) is 0 Å². The third-order valence-corrected chi connectivity index (χ3v) is 4.51. The average molecular weight is 389 g/mol. The van der Waals surface area contributed by atoms with Crippen LogP contribution in [-0.2, 0) is 22.6 Å². The van der Waals surface area contributed by atoms with Gasteiger partial charge in [-0.05, 0) is 29.7 Å². The number of halogens is 1. The lowest BCUT2D eigenvalue weighted by molar-refractivity contribution is -0.139. The summed E-state index contributed by atoms with van der Waals surface area (Å²) in [7, 11) is 0. The number of carbonyl (C=O) groups is 2. The smallest absolute Gasteiger partial charge is 0.243 e. The van der Waals surface area contributed by atoms with Gasteiger partial charge in [0.2, 0.25) is 11.8 Å². The fraction of sp³-hybridized carbons (Fsp3) is 0.333. The van der Waals surface area contributed by atoms with Gasteiger partial charge in [-0.3, -0.25) is 9.59 Å². The Balaban J connectivity index is 2.23. The van der Waals surface area contributed by atoms with E-state index < -0.39 is 6.04 Å². The molecular weight excluding hydrogens is 364 g/mol. The highest BCUT2D eigenvalue weighted by molar-refractivity contribution is 6.30. The van der Waals surface area contributed by atoms with Gasteiger partial charge in [0.05, 0.1) is 0 Å². The number of hydrogen-bond acceptors (Lipinski definition) is 3. The van der Waals surface area contributed by atoms with Gasteiger partial charge >= 0.3 is 0 Å². The second-order valence-electron chi connectivity index (χ2n) is 6.35. The van der Waals surface area contributed by atoms with E-state index in [9.17, 15) is 9.59 Å². The number of aliphatic hydroxyl groups is 1. The number of rotatable bonds is 9. The summed E-state index contributed by atoms with van der Waals surface area (Å²) < 4.78 is 0. The van der Waals surface area contributed by atoms with Gasteiger partial charge in [-0.15, -0.1) is 0 Å². The van der Waals surface area contributed by atoms with Crippen molar-refractivity contribution >= 4 is 23.4 Å². The van der Waals surface area contributed by atoms with Crippen molar-refractivity contribution in [1.29, 1.82) is 0 Å². The molecule has 6 heteroatoms. The molecule has 2 amide bonds. The first-order chi connectivity index (χ1) is 13.0.